The van der Waals surface area contributed by atoms with Gasteiger partial charge in [-0.05, 0) is 42.5 Å². The first-order valence-corrected chi connectivity index (χ1v) is 12.1. The number of anilines is 1. The number of amides is 2. The van der Waals surface area contributed by atoms with Crippen LogP contribution in [0.3, 0.4) is 0 Å². The van der Waals surface area contributed by atoms with Crippen LogP contribution in [-0.4, -0.2) is 39.1 Å². The molecule has 0 spiro atoms. The Morgan fingerprint density at radius 1 is 0.917 bits per heavy atom. The fourth-order valence-corrected chi connectivity index (χ4v) is 5.94. The molecule has 2 saturated heterocycles. The number of aromatic nitrogens is 2. The molecule has 2 amide bonds. The van der Waals surface area contributed by atoms with Crippen molar-refractivity contribution in [1.29, 1.82) is 0 Å². The lowest BCUT2D eigenvalue weighted by Gasteiger charge is -2.34. The van der Waals surface area contributed by atoms with Crippen LogP contribution < -0.4 is 10.3 Å². The molecule has 178 valence electrons. The molecule has 5 heterocycles. The van der Waals surface area contributed by atoms with Crippen LogP contribution in [0.4, 0.5) is 5.69 Å². The number of halogens is 1. The first-order valence-electron chi connectivity index (χ1n) is 11.7. The number of hydrogen-bond donors (Lipinski definition) is 0. The standard InChI is InChI=1S/C27H19ClN4O4/c28-15-6-4-9-17(14-15)31-19-11-13-30-22(20(19)23(33)18-10-5-12-29-25(18)31)21-24(36-30)27(35)32(26(21)34)16-7-2-1-3-8-16/h1-10,12,14,21-22,24H,11,13H2. The van der Waals surface area contributed by atoms with Gasteiger partial charge in [0.25, 0.3) is 5.91 Å². The second kappa shape index (κ2) is 7.83. The molecule has 8 nitrogen and oxygen atoms in total. The summed E-state index contributed by atoms with van der Waals surface area (Å²) in [6.07, 6.45) is 1.15. The molecule has 3 unspecified atom stereocenters. The number of carbonyl (C=O) groups is 2. The van der Waals surface area contributed by atoms with Gasteiger partial charge in [0.15, 0.2) is 11.5 Å². The Labute approximate surface area is 210 Å². The van der Waals surface area contributed by atoms with Crippen molar-refractivity contribution in [3.8, 4) is 5.69 Å². The smallest absolute Gasteiger partial charge is 0.265 e. The van der Waals surface area contributed by atoms with E-state index in [1.54, 1.807) is 53.7 Å². The second-order valence-corrected chi connectivity index (χ2v) is 9.55. The molecule has 36 heavy (non-hydrogen) atoms. The van der Waals surface area contributed by atoms with Gasteiger partial charge in [-0.2, -0.15) is 5.06 Å². The van der Waals surface area contributed by atoms with E-state index in [-0.39, 0.29) is 11.3 Å². The van der Waals surface area contributed by atoms with E-state index in [1.807, 2.05) is 28.8 Å². The number of hydrogen-bond acceptors (Lipinski definition) is 6. The van der Waals surface area contributed by atoms with Gasteiger partial charge in [-0.15, -0.1) is 0 Å². The fraction of sp³-hybridized carbons (Fsp3) is 0.185. The average Bonchev–Trinajstić information content (AvgIpc) is 3.40. The SMILES string of the molecule is O=C1C2ON3CCc4c(c(=O)c5cccnc5n4-c4cccc(Cl)c4)C3C2C(=O)N1c1ccccc1. The van der Waals surface area contributed by atoms with E-state index in [9.17, 15) is 14.4 Å². The third-order valence-corrected chi connectivity index (χ3v) is 7.44. The van der Waals surface area contributed by atoms with Crippen LogP contribution in [0, 0.1) is 5.92 Å². The lowest BCUT2D eigenvalue weighted by Crippen LogP contribution is -2.42. The molecule has 7 rings (SSSR count). The lowest BCUT2D eigenvalue weighted by atomic mass is 9.86. The van der Waals surface area contributed by atoms with Gasteiger partial charge in [0.2, 0.25) is 5.91 Å². The van der Waals surface area contributed by atoms with Gasteiger partial charge in [0.05, 0.1) is 23.0 Å². The topological polar surface area (TPSA) is 84.7 Å². The normalized spacial score (nSPS) is 23.1. The Morgan fingerprint density at radius 3 is 2.53 bits per heavy atom. The molecule has 0 N–H and O–H groups in total. The molecular weight excluding hydrogens is 480 g/mol. The third kappa shape index (κ3) is 2.89. The van der Waals surface area contributed by atoms with Crippen LogP contribution in [0.1, 0.15) is 17.3 Å². The molecule has 2 aromatic heterocycles. The van der Waals surface area contributed by atoms with Gasteiger partial charge in [0, 0.05) is 41.1 Å². The Bertz CT molecular complexity index is 1640. The number of fused-ring (bicyclic) bond motifs is 6. The Balaban J connectivity index is 1.45. The van der Waals surface area contributed by atoms with Crippen molar-refractivity contribution in [3.63, 3.8) is 0 Å². The van der Waals surface area contributed by atoms with Crippen molar-refractivity contribution in [1.82, 2.24) is 14.6 Å². The van der Waals surface area contributed by atoms with E-state index in [1.165, 1.54) is 4.90 Å². The number of rotatable bonds is 2. The first kappa shape index (κ1) is 21.4. The summed E-state index contributed by atoms with van der Waals surface area (Å²) in [6.45, 7) is 0.426. The van der Waals surface area contributed by atoms with Gasteiger partial charge in [-0.3, -0.25) is 23.8 Å². The molecule has 0 aliphatic carbocycles. The van der Waals surface area contributed by atoms with E-state index < -0.39 is 24.0 Å². The number of carbonyl (C=O) groups excluding carboxylic acids is 2. The molecule has 9 heteroatoms. The highest BCUT2D eigenvalue weighted by molar-refractivity contribution is 6.30. The third-order valence-electron chi connectivity index (χ3n) is 7.21. The summed E-state index contributed by atoms with van der Waals surface area (Å²) in [4.78, 5) is 52.7. The lowest BCUT2D eigenvalue weighted by molar-refractivity contribution is -0.174. The van der Waals surface area contributed by atoms with Gasteiger partial charge in [-0.1, -0.05) is 35.9 Å². The van der Waals surface area contributed by atoms with E-state index in [2.05, 4.69) is 4.98 Å². The number of para-hydroxylation sites is 1. The summed E-state index contributed by atoms with van der Waals surface area (Å²) in [5.74, 6) is -1.60. The highest BCUT2D eigenvalue weighted by Crippen LogP contribution is 2.48. The van der Waals surface area contributed by atoms with Crippen molar-refractivity contribution in [3.05, 3.63) is 99.4 Å². The van der Waals surface area contributed by atoms with E-state index in [0.717, 1.165) is 11.4 Å². The Hall–Kier alpha value is -3.85. The number of nitrogens with zero attached hydrogens (tertiary/aromatic N) is 4. The van der Waals surface area contributed by atoms with Crippen LogP contribution >= 0.6 is 11.6 Å². The summed E-state index contributed by atoms with van der Waals surface area (Å²) >= 11 is 6.32. The summed E-state index contributed by atoms with van der Waals surface area (Å²) in [7, 11) is 0. The van der Waals surface area contributed by atoms with Crippen LogP contribution in [-0.2, 0) is 20.8 Å². The molecule has 4 aromatic rings. The Kier molecular flexibility index (Phi) is 4.66. The van der Waals surface area contributed by atoms with Crippen molar-refractivity contribution in [2.45, 2.75) is 18.6 Å². The van der Waals surface area contributed by atoms with Crippen molar-refractivity contribution in [2.75, 3.05) is 11.4 Å². The van der Waals surface area contributed by atoms with Crippen LogP contribution in [0.25, 0.3) is 16.7 Å². The summed E-state index contributed by atoms with van der Waals surface area (Å²) in [6, 6.07) is 18.9. The first-order chi connectivity index (χ1) is 17.5. The summed E-state index contributed by atoms with van der Waals surface area (Å²) in [5, 5.41) is 2.63. The molecular formula is C27H19ClN4O4. The summed E-state index contributed by atoms with van der Waals surface area (Å²) < 4.78 is 1.94. The maximum absolute atomic E-state index is 13.9. The predicted octanol–water partition coefficient (Wildman–Crippen LogP) is 3.44. The van der Waals surface area contributed by atoms with E-state index in [0.29, 0.717) is 40.3 Å². The van der Waals surface area contributed by atoms with Gasteiger partial charge >= 0.3 is 0 Å². The van der Waals surface area contributed by atoms with E-state index in [4.69, 9.17) is 16.4 Å². The molecule has 2 fully saturated rings. The maximum Gasteiger partial charge on any atom is 0.265 e. The number of pyridine rings is 2. The zero-order valence-corrected chi connectivity index (χ0v) is 19.6. The van der Waals surface area contributed by atoms with Gasteiger partial charge in [-0.25, -0.2) is 9.88 Å². The predicted molar refractivity (Wildman–Crippen MR) is 133 cm³/mol. The molecule has 3 aliphatic rings. The maximum atomic E-state index is 13.9. The highest BCUT2D eigenvalue weighted by atomic mass is 35.5. The van der Waals surface area contributed by atoms with Crippen molar-refractivity contribution < 1.29 is 14.4 Å². The Morgan fingerprint density at radius 2 is 1.72 bits per heavy atom. The van der Waals surface area contributed by atoms with Crippen LogP contribution in [0.15, 0.2) is 77.7 Å². The summed E-state index contributed by atoms with van der Waals surface area (Å²) in [5.41, 5.74) is 2.79. The molecule has 3 aliphatic heterocycles. The minimum Gasteiger partial charge on any atom is -0.298 e. The number of hydroxylamine groups is 2. The number of benzene rings is 2. The monoisotopic (exact) mass is 498 g/mol. The average molecular weight is 499 g/mol. The molecule has 0 bridgehead atoms. The van der Waals surface area contributed by atoms with Gasteiger partial charge < -0.3 is 0 Å². The molecule has 0 saturated carbocycles. The van der Waals surface area contributed by atoms with Crippen molar-refractivity contribution in [2.24, 2.45) is 5.92 Å². The minimum absolute atomic E-state index is 0.205. The number of imide groups is 1. The largest absolute Gasteiger partial charge is 0.298 e. The van der Waals surface area contributed by atoms with Crippen molar-refractivity contribution >= 4 is 40.1 Å². The molecule has 2 aromatic carbocycles. The molecule has 3 atom stereocenters. The minimum atomic E-state index is -0.975. The molecule has 0 radical (unpaired) electrons. The second-order valence-electron chi connectivity index (χ2n) is 9.11. The van der Waals surface area contributed by atoms with Crippen LogP contribution in [0.5, 0.6) is 0 Å². The van der Waals surface area contributed by atoms with Crippen LogP contribution in [0.2, 0.25) is 5.02 Å². The fourth-order valence-electron chi connectivity index (χ4n) is 5.75. The highest BCUT2D eigenvalue weighted by Gasteiger charge is 2.61. The van der Waals surface area contributed by atoms with Gasteiger partial charge in [0.1, 0.15) is 5.65 Å². The zero-order valence-electron chi connectivity index (χ0n) is 18.9. The zero-order chi connectivity index (χ0) is 24.6. The quantitative estimate of drug-likeness (QED) is 0.394. The van der Waals surface area contributed by atoms with E-state index >= 15 is 0 Å².